The predicted molar refractivity (Wildman–Crippen MR) is 122 cm³/mol. The van der Waals surface area contributed by atoms with E-state index in [2.05, 4.69) is 13.2 Å². The zero-order valence-electron chi connectivity index (χ0n) is 18.6. The molecular formula is C23H38O6P2. The minimum absolute atomic E-state index is 0.165. The van der Waals surface area contributed by atoms with Crippen LogP contribution in [0.5, 0.6) is 0 Å². The van der Waals surface area contributed by atoms with E-state index >= 15 is 0 Å². The van der Waals surface area contributed by atoms with Crippen LogP contribution in [-0.4, -0.2) is 31.3 Å². The van der Waals surface area contributed by atoms with Crippen LogP contribution in [0.4, 0.5) is 0 Å². The fourth-order valence-electron chi connectivity index (χ4n) is 3.65. The van der Waals surface area contributed by atoms with E-state index in [0.29, 0.717) is 50.1 Å². The lowest BCUT2D eigenvalue weighted by Crippen LogP contribution is -2.33. The van der Waals surface area contributed by atoms with Crippen LogP contribution < -0.4 is 0 Å². The Bertz CT molecular complexity index is 634. The first kappa shape index (κ1) is 23.9. The molecule has 0 aromatic carbocycles. The molecule has 0 N–H and O–H groups in total. The molecule has 0 radical (unpaired) electrons. The molecule has 4 saturated carbocycles. The number of allylic oxidation sites excluding steroid dienone is 2. The molecule has 0 aromatic rings. The zero-order valence-corrected chi connectivity index (χ0v) is 20.4. The Morgan fingerprint density at radius 3 is 1.06 bits per heavy atom. The summed E-state index contributed by atoms with van der Waals surface area (Å²) < 4.78 is 53.5. The second-order valence-corrected chi connectivity index (χ2v) is 15.0. The van der Waals surface area contributed by atoms with Gasteiger partial charge >= 0.3 is 15.2 Å². The molecule has 0 atom stereocenters. The summed E-state index contributed by atoms with van der Waals surface area (Å²) in [4.78, 5) is -1.45. The molecule has 8 heteroatoms. The first-order valence-electron chi connectivity index (χ1n) is 11.9. The summed E-state index contributed by atoms with van der Waals surface area (Å²) in [5.74, 6) is 1.56. The van der Waals surface area contributed by atoms with Crippen LogP contribution in [-0.2, 0) is 27.2 Å². The Morgan fingerprint density at radius 2 is 0.871 bits per heavy atom. The van der Waals surface area contributed by atoms with Crippen molar-refractivity contribution in [2.75, 3.05) is 26.4 Å². The Hall–Kier alpha value is -0.220. The molecule has 0 heterocycles. The highest BCUT2D eigenvalue weighted by atomic mass is 31.2. The molecule has 0 bridgehead atoms. The van der Waals surface area contributed by atoms with Gasteiger partial charge in [-0.2, -0.15) is 0 Å². The third kappa shape index (κ3) is 6.02. The maximum atomic E-state index is 14.6. The molecule has 6 nitrogen and oxygen atoms in total. The third-order valence-corrected chi connectivity index (χ3v) is 12.9. The smallest absolute Gasteiger partial charge is 0.307 e. The van der Waals surface area contributed by atoms with Crippen LogP contribution in [0.3, 0.4) is 0 Å². The largest absolute Gasteiger partial charge is 0.349 e. The maximum Gasteiger partial charge on any atom is 0.349 e. The quantitative estimate of drug-likeness (QED) is 0.159. The molecule has 4 aliphatic carbocycles. The van der Waals surface area contributed by atoms with E-state index in [1.165, 1.54) is 0 Å². The molecule has 0 saturated heterocycles. The van der Waals surface area contributed by atoms with E-state index < -0.39 is 20.1 Å². The summed E-state index contributed by atoms with van der Waals surface area (Å²) in [5.41, 5.74) is 0. The van der Waals surface area contributed by atoms with Gasteiger partial charge in [0.05, 0.1) is 26.4 Å². The molecule has 176 valence electrons. The monoisotopic (exact) mass is 472 g/mol. The summed E-state index contributed by atoms with van der Waals surface area (Å²) >= 11 is 0. The molecule has 0 aliphatic heterocycles. The van der Waals surface area contributed by atoms with Crippen molar-refractivity contribution in [3.63, 3.8) is 0 Å². The van der Waals surface area contributed by atoms with E-state index in [9.17, 15) is 9.13 Å². The van der Waals surface area contributed by atoms with Gasteiger partial charge < -0.3 is 18.1 Å². The zero-order chi connectivity index (χ0) is 22.0. The van der Waals surface area contributed by atoms with Crippen LogP contribution in [0.25, 0.3) is 0 Å². The minimum Gasteiger partial charge on any atom is -0.307 e. The van der Waals surface area contributed by atoms with Gasteiger partial charge in [0.1, 0.15) is 0 Å². The molecule has 4 aliphatic rings. The van der Waals surface area contributed by atoms with Crippen LogP contribution >= 0.6 is 15.2 Å². The second-order valence-electron chi connectivity index (χ2n) is 9.92. The van der Waals surface area contributed by atoms with Crippen molar-refractivity contribution >= 4 is 15.2 Å². The summed E-state index contributed by atoms with van der Waals surface area (Å²) in [7, 11) is -7.75. The van der Waals surface area contributed by atoms with Gasteiger partial charge in [0.15, 0.2) is 4.90 Å². The Labute approximate surface area is 187 Å². The van der Waals surface area contributed by atoms with Gasteiger partial charge in [0.2, 0.25) is 0 Å². The van der Waals surface area contributed by atoms with Gasteiger partial charge in [-0.1, -0.05) is 12.2 Å². The molecule has 4 rings (SSSR count). The Morgan fingerprint density at radius 1 is 0.613 bits per heavy atom. The molecular weight excluding hydrogens is 434 g/mol. The average Bonchev–Trinajstić information content (AvgIpc) is 3.56. The van der Waals surface area contributed by atoms with Crippen molar-refractivity contribution in [2.24, 2.45) is 23.7 Å². The standard InChI is InChI=1S/C23H38O6P2/c1-3-13-23(14-4-2,30(24,26-15-19-5-6-19)27-16-20-7-8-20)31(25,28-17-21-9-10-21)29-18-22-11-12-22/h3-4,19-22H,1-2,5-18H2. The van der Waals surface area contributed by atoms with Crippen LogP contribution in [0, 0.1) is 23.7 Å². The van der Waals surface area contributed by atoms with Gasteiger partial charge in [0, 0.05) is 0 Å². The molecule has 31 heavy (non-hydrogen) atoms. The van der Waals surface area contributed by atoms with Crippen molar-refractivity contribution < 1.29 is 27.2 Å². The summed E-state index contributed by atoms with van der Waals surface area (Å²) in [6, 6.07) is 0. The topological polar surface area (TPSA) is 71.1 Å². The summed E-state index contributed by atoms with van der Waals surface area (Å²) in [5, 5.41) is 0. The normalized spacial score (nSPS) is 22.5. The fraction of sp³-hybridized carbons (Fsp3) is 0.826. The van der Waals surface area contributed by atoms with Crippen molar-refractivity contribution in [1.29, 1.82) is 0 Å². The number of hydrogen-bond acceptors (Lipinski definition) is 6. The van der Waals surface area contributed by atoms with Gasteiger partial charge in [-0.15, -0.1) is 13.2 Å². The van der Waals surface area contributed by atoms with Crippen molar-refractivity contribution in [1.82, 2.24) is 0 Å². The van der Waals surface area contributed by atoms with E-state index in [1.807, 2.05) is 0 Å². The molecule has 0 spiro atoms. The average molecular weight is 472 g/mol. The van der Waals surface area contributed by atoms with E-state index in [1.54, 1.807) is 12.2 Å². The van der Waals surface area contributed by atoms with Crippen LogP contribution in [0.2, 0.25) is 0 Å². The van der Waals surface area contributed by atoms with Crippen molar-refractivity contribution in [3.05, 3.63) is 25.3 Å². The molecule has 0 unspecified atom stereocenters. The number of rotatable bonds is 18. The van der Waals surface area contributed by atoms with Crippen LogP contribution in [0.15, 0.2) is 25.3 Å². The maximum absolute atomic E-state index is 14.6. The Kier molecular flexibility index (Phi) is 7.68. The Balaban J connectivity index is 1.67. The highest BCUT2D eigenvalue weighted by Crippen LogP contribution is 2.81. The highest BCUT2D eigenvalue weighted by Gasteiger charge is 2.65. The predicted octanol–water partition coefficient (Wildman–Crippen LogP) is 6.93. The lowest BCUT2D eigenvalue weighted by atomic mass is 10.2. The first-order chi connectivity index (χ1) is 14.9. The van der Waals surface area contributed by atoms with Gasteiger partial charge in [-0.05, 0) is 87.9 Å². The first-order valence-corrected chi connectivity index (χ1v) is 15.0. The van der Waals surface area contributed by atoms with Crippen molar-refractivity contribution in [2.45, 2.75) is 69.1 Å². The van der Waals surface area contributed by atoms with Gasteiger partial charge in [-0.25, -0.2) is 0 Å². The SMILES string of the molecule is C=CCC(CC=C)(P(=O)(OCC1CC1)OCC1CC1)P(=O)(OCC1CC1)OCC1CC1. The molecule has 4 fully saturated rings. The lowest BCUT2D eigenvalue weighted by molar-refractivity contribution is 0.153. The van der Waals surface area contributed by atoms with Gasteiger partial charge in [0.25, 0.3) is 0 Å². The molecule has 0 amide bonds. The lowest BCUT2D eigenvalue weighted by Gasteiger charge is -2.42. The van der Waals surface area contributed by atoms with E-state index in [4.69, 9.17) is 18.1 Å². The fourth-order valence-corrected chi connectivity index (χ4v) is 9.69. The third-order valence-electron chi connectivity index (χ3n) is 6.67. The highest BCUT2D eigenvalue weighted by molar-refractivity contribution is 7.74. The molecule has 0 aromatic heterocycles. The number of hydrogen-bond donors (Lipinski definition) is 0. The van der Waals surface area contributed by atoms with Crippen LogP contribution in [0.1, 0.15) is 64.2 Å². The van der Waals surface area contributed by atoms with Crippen molar-refractivity contribution in [3.8, 4) is 0 Å². The van der Waals surface area contributed by atoms with E-state index in [-0.39, 0.29) is 12.8 Å². The van der Waals surface area contributed by atoms with Gasteiger partial charge in [-0.3, -0.25) is 9.13 Å². The minimum atomic E-state index is -3.88. The second kappa shape index (κ2) is 9.95. The van der Waals surface area contributed by atoms with E-state index in [0.717, 1.165) is 51.4 Å². The summed E-state index contributed by atoms with van der Waals surface area (Å²) in [6.45, 7) is 9.17. The summed E-state index contributed by atoms with van der Waals surface area (Å²) in [6.07, 6.45) is 12.1.